The van der Waals surface area contributed by atoms with E-state index in [0.717, 1.165) is 31.4 Å². The standard InChI is InChI=1S/C20H21F3N2O2/c1-2-3-4-11-19(27)16-12-15(9-10-17(16)25-18(19)26)24-14-7-5-13(6-8-14)20(21,22)23/h5-10,12,24,27H,2-4,11H2,1H3,(H,25,26). The summed E-state index contributed by atoms with van der Waals surface area (Å²) in [6.45, 7) is 2.04. The second kappa shape index (κ2) is 7.23. The Morgan fingerprint density at radius 2 is 1.74 bits per heavy atom. The van der Waals surface area contributed by atoms with E-state index >= 15 is 0 Å². The average molecular weight is 378 g/mol. The Kier molecular flexibility index (Phi) is 5.15. The van der Waals surface area contributed by atoms with Crippen molar-refractivity contribution in [3.05, 3.63) is 53.6 Å². The molecule has 1 aliphatic heterocycles. The molecule has 1 amide bonds. The number of alkyl halides is 3. The molecule has 0 saturated carbocycles. The van der Waals surface area contributed by atoms with Gasteiger partial charge in [0.15, 0.2) is 5.60 Å². The zero-order valence-corrected chi connectivity index (χ0v) is 14.9. The summed E-state index contributed by atoms with van der Waals surface area (Å²) in [6, 6.07) is 9.73. The summed E-state index contributed by atoms with van der Waals surface area (Å²) in [5, 5.41) is 16.6. The van der Waals surface area contributed by atoms with Crippen molar-refractivity contribution in [2.24, 2.45) is 0 Å². The van der Waals surface area contributed by atoms with Crippen molar-refractivity contribution in [1.82, 2.24) is 0 Å². The highest BCUT2D eigenvalue weighted by molar-refractivity contribution is 6.05. The van der Waals surface area contributed by atoms with E-state index in [1.165, 1.54) is 12.1 Å². The number of carbonyl (C=O) groups excluding carboxylic acids is 1. The van der Waals surface area contributed by atoms with Crippen LogP contribution in [0.15, 0.2) is 42.5 Å². The molecule has 1 unspecified atom stereocenters. The number of hydrogen-bond donors (Lipinski definition) is 3. The molecule has 1 aliphatic rings. The minimum absolute atomic E-state index is 0.323. The molecule has 27 heavy (non-hydrogen) atoms. The minimum Gasteiger partial charge on any atom is -0.375 e. The zero-order valence-electron chi connectivity index (χ0n) is 14.9. The van der Waals surface area contributed by atoms with E-state index in [-0.39, 0.29) is 0 Å². The third kappa shape index (κ3) is 3.93. The van der Waals surface area contributed by atoms with Crippen LogP contribution in [0.5, 0.6) is 0 Å². The molecule has 0 aliphatic carbocycles. The molecule has 0 spiro atoms. The molecular formula is C20H21F3N2O2. The summed E-state index contributed by atoms with van der Waals surface area (Å²) in [5.41, 5.74) is -0.198. The molecule has 0 aromatic heterocycles. The van der Waals surface area contributed by atoms with Crippen molar-refractivity contribution in [3.63, 3.8) is 0 Å². The van der Waals surface area contributed by atoms with Crippen LogP contribution in [-0.2, 0) is 16.6 Å². The van der Waals surface area contributed by atoms with E-state index in [2.05, 4.69) is 10.6 Å². The van der Waals surface area contributed by atoms with Crippen molar-refractivity contribution >= 4 is 23.0 Å². The first-order valence-corrected chi connectivity index (χ1v) is 8.86. The number of anilines is 3. The minimum atomic E-state index is -4.38. The molecule has 144 valence electrons. The van der Waals surface area contributed by atoms with Gasteiger partial charge in [0.2, 0.25) is 0 Å². The first-order valence-electron chi connectivity index (χ1n) is 8.86. The predicted molar refractivity (Wildman–Crippen MR) is 97.8 cm³/mol. The lowest BCUT2D eigenvalue weighted by atomic mass is 9.89. The van der Waals surface area contributed by atoms with E-state index in [9.17, 15) is 23.1 Å². The molecule has 7 heteroatoms. The maximum Gasteiger partial charge on any atom is 0.416 e. The van der Waals surface area contributed by atoms with E-state index in [1.54, 1.807) is 18.2 Å². The van der Waals surface area contributed by atoms with Crippen LogP contribution >= 0.6 is 0 Å². The average Bonchev–Trinajstić information content (AvgIpc) is 2.86. The molecule has 1 heterocycles. The monoisotopic (exact) mass is 378 g/mol. The predicted octanol–water partition coefficient (Wildman–Crippen LogP) is 5.17. The summed E-state index contributed by atoms with van der Waals surface area (Å²) in [7, 11) is 0. The third-order valence-corrected chi connectivity index (χ3v) is 4.73. The lowest BCUT2D eigenvalue weighted by Crippen LogP contribution is -2.34. The molecule has 0 fully saturated rings. The molecule has 3 N–H and O–H groups in total. The van der Waals surface area contributed by atoms with Crippen molar-refractivity contribution in [1.29, 1.82) is 0 Å². The largest absolute Gasteiger partial charge is 0.416 e. The number of benzene rings is 2. The number of fused-ring (bicyclic) bond motifs is 1. The Bertz CT molecular complexity index is 834. The van der Waals surface area contributed by atoms with Crippen LogP contribution in [-0.4, -0.2) is 11.0 Å². The van der Waals surface area contributed by atoms with E-state index in [1.807, 2.05) is 6.92 Å². The summed E-state index contributed by atoms with van der Waals surface area (Å²) < 4.78 is 38.0. The number of amides is 1. The Morgan fingerprint density at radius 1 is 1.07 bits per heavy atom. The van der Waals surface area contributed by atoms with Crippen LogP contribution in [0.4, 0.5) is 30.2 Å². The van der Waals surface area contributed by atoms with Crippen LogP contribution in [0, 0.1) is 0 Å². The third-order valence-electron chi connectivity index (χ3n) is 4.73. The fraction of sp³-hybridized carbons (Fsp3) is 0.350. The van der Waals surface area contributed by atoms with E-state index in [0.29, 0.717) is 29.0 Å². The number of carbonyl (C=O) groups is 1. The number of rotatable bonds is 6. The quantitative estimate of drug-likeness (QED) is 0.608. The van der Waals surface area contributed by atoms with Gasteiger partial charge in [0.05, 0.1) is 5.56 Å². The van der Waals surface area contributed by atoms with Gasteiger partial charge in [-0.1, -0.05) is 19.8 Å². The van der Waals surface area contributed by atoms with Gasteiger partial charge in [0, 0.05) is 22.6 Å². The molecule has 3 rings (SSSR count). The van der Waals surface area contributed by atoms with Gasteiger partial charge in [-0.3, -0.25) is 4.79 Å². The van der Waals surface area contributed by atoms with Crippen LogP contribution in [0.3, 0.4) is 0 Å². The maximum atomic E-state index is 12.7. The van der Waals surface area contributed by atoms with Gasteiger partial charge in [0.25, 0.3) is 5.91 Å². The molecule has 4 nitrogen and oxygen atoms in total. The van der Waals surface area contributed by atoms with Crippen LogP contribution in [0.25, 0.3) is 0 Å². The highest BCUT2D eigenvalue weighted by Gasteiger charge is 2.44. The Balaban J connectivity index is 1.81. The van der Waals surface area contributed by atoms with Crippen LogP contribution in [0.2, 0.25) is 0 Å². The van der Waals surface area contributed by atoms with Crippen LogP contribution < -0.4 is 10.6 Å². The molecule has 1 atom stereocenters. The summed E-state index contributed by atoms with van der Waals surface area (Å²) in [4.78, 5) is 12.3. The Labute approximate surface area is 155 Å². The second-order valence-corrected chi connectivity index (χ2v) is 6.73. The fourth-order valence-corrected chi connectivity index (χ4v) is 3.21. The lowest BCUT2D eigenvalue weighted by molar-refractivity contribution is -0.137. The number of hydrogen-bond acceptors (Lipinski definition) is 3. The second-order valence-electron chi connectivity index (χ2n) is 6.73. The SMILES string of the molecule is CCCCCC1(O)C(=O)Nc2ccc(Nc3ccc(C(F)(F)F)cc3)cc21. The van der Waals surface area contributed by atoms with Gasteiger partial charge >= 0.3 is 6.18 Å². The number of aliphatic hydroxyl groups is 1. The van der Waals surface area contributed by atoms with Crippen molar-refractivity contribution < 1.29 is 23.1 Å². The first kappa shape index (κ1) is 19.2. The molecule has 0 saturated heterocycles. The van der Waals surface area contributed by atoms with Crippen molar-refractivity contribution in [2.45, 2.75) is 44.4 Å². The topological polar surface area (TPSA) is 61.4 Å². The number of halogens is 3. The fourth-order valence-electron chi connectivity index (χ4n) is 3.21. The maximum absolute atomic E-state index is 12.7. The van der Waals surface area contributed by atoms with Gasteiger partial charge in [-0.05, 0) is 55.3 Å². The van der Waals surface area contributed by atoms with Crippen molar-refractivity contribution in [3.8, 4) is 0 Å². The van der Waals surface area contributed by atoms with Crippen molar-refractivity contribution in [2.75, 3.05) is 10.6 Å². The Hall–Kier alpha value is -2.54. The summed E-state index contributed by atoms with van der Waals surface area (Å²) >= 11 is 0. The summed E-state index contributed by atoms with van der Waals surface area (Å²) in [6.07, 6.45) is -1.46. The van der Waals surface area contributed by atoms with Crippen LogP contribution in [0.1, 0.15) is 43.7 Å². The first-order chi connectivity index (χ1) is 12.7. The molecule has 0 bridgehead atoms. The van der Waals surface area contributed by atoms with Gasteiger partial charge in [-0.25, -0.2) is 0 Å². The van der Waals surface area contributed by atoms with Gasteiger partial charge in [-0.2, -0.15) is 13.2 Å². The van der Waals surface area contributed by atoms with E-state index in [4.69, 9.17) is 0 Å². The molecule has 2 aromatic carbocycles. The molecular weight excluding hydrogens is 357 g/mol. The van der Waals surface area contributed by atoms with E-state index < -0.39 is 23.2 Å². The summed E-state index contributed by atoms with van der Waals surface area (Å²) in [5.74, 6) is -0.444. The smallest absolute Gasteiger partial charge is 0.375 e. The molecule has 0 radical (unpaired) electrons. The molecule has 2 aromatic rings. The van der Waals surface area contributed by atoms with Gasteiger partial charge in [0.1, 0.15) is 0 Å². The highest BCUT2D eigenvalue weighted by atomic mass is 19.4. The highest BCUT2D eigenvalue weighted by Crippen LogP contribution is 2.41. The van der Waals surface area contributed by atoms with Gasteiger partial charge < -0.3 is 15.7 Å². The Morgan fingerprint density at radius 3 is 2.37 bits per heavy atom. The number of nitrogens with one attached hydrogen (secondary N) is 2. The number of unbranched alkanes of at least 4 members (excludes halogenated alkanes) is 2. The normalized spacial score (nSPS) is 18.9. The zero-order chi connectivity index (χ0) is 19.7. The van der Waals surface area contributed by atoms with Gasteiger partial charge in [-0.15, -0.1) is 0 Å². The lowest BCUT2D eigenvalue weighted by Gasteiger charge is -2.21.